The molecule has 0 aliphatic rings. The molecule has 1 aromatic heterocycles. The summed E-state index contributed by atoms with van der Waals surface area (Å²) < 4.78 is 1.76. The number of amides is 1. The number of nitrogens with zero attached hydrogens (tertiary/aromatic N) is 2. The largest absolute Gasteiger partial charge is 0.382 e. The van der Waals surface area contributed by atoms with Gasteiger partial charge in [0.1, 0.15) is 5.82 Å². The van der Waals surface area contributed by atoms with Crippen LogP contribution >= 0.6 is 0 Å². The SMILES string of the molecule is CCn1cnc(NC(C)=O)c1N. The van der Waals surface area contributed by atoms with Gasteiger partial charge < -0.3 is 15.6 Å². The summed E-state index contributed by atoms with van der Waals surface area (Å²) in [6, 6.07) is 0. The summed E-state index contributed by atoms with van der Waals surface area (Å²) in [4.78, 5) is 14.6. The Hall–Kier alpha value is -1.52. The average molecular weight is 168 g/mol. The Morgan fingerprint density at radius 2 is 2.50 bits per heavy atom. The van der Waals surface area contributed by atoms with Crippen LogP contribution in [-0.2, 0) is 11.3 Å². The van der Waals surface area contributed by atoms with Gasteiger partial charge in [-0.25, -0.2) is 4.98 Å². The quantitative estimate of drug-likeness (QED) is 0.673. The number of nitrogens with two attached hydrogens (primary N) is 1. The molecule has 0 aromatic carbocycles. The van der Waals surface area contributed by atoms with Gasteiger partial charge in [-0.3, -0.25) is 4.79 Å². The summed E-state index contributed by atoms with van der Waals surface area (Å²) in [6.07, 6.45) is 1.60. The number of hydrogen-bond donors (Lipinski definition) is 2. The fourth-order valence-electron chi connectivity index (χ4n) is 0.907. The molecule has 0 aliphatic heterocycles. The maximum Gasteiger partial charge on any atom is 0.222 e. The minimum atomic E-state index is -0.164. The Bertz CT molecular complexity index is 292. The van der Waals surface area contributed by atoms with Crippen molar-refractivity contribution in [2.45, 2.75) is 20.4 Å². The second kappa shape index (κ2) is 3.25. The van der Waals surface area contributed by atoms with E-state index in [9.17, 15) is 4.79 Å². The van der Waals surface area contributed by atoms with E-state index in [1.54, 1.807) is 10.9 Å². The van der Waals surface area contributed by atoms with Gasteiger partial charge in [0.25, 0.3) is 0 Å². The number of nitrogens with one attached hydrogen (secondary N) is 1. The molecule has 3 N–H and O–H groups in total. The van der Waals surface area contributed by atoms with Crippen molar-refractivity contribution in [3.05, 3.63) is 6.33 Å². The lowest BCUT2D eigenvalue weighted by molar-refractivity contribution is -0.114. The van der Waals surface area contributed by atoms with Crippen LogP contribution in [0.5, 0.6) is 0 Å². The molecule has 1 aromatic rings. The highest BCUT2D eigenvalue weighted by atomic mass is 16.1. The first-order valence-electron chi connectivity index (χ1n) is 3.73. The average Bonchev–Trinajstić information content (AvgIpc) is 2.32. The lowest BCUT2D eigenvalue weighted by Gasteiger charge is -2.01. The molecule has 0 unspecified atom stereocenters. The van der Waals surface area contributed by atoms with E-state index in [4.69, 9.17) is 5.73 Å². The molecular formula is C7H12N4O. The van der Waals surface area contributed by atoms with E-state index in [2.05, 4.69) is 10.3 Å². The molecular weight excluding hydrogens is 156 g/mol. The molecule has 0 radical (unpaired) electrons. The summed E-state index contributed by atoms with van der Waals surface area (Å²) in [6.45, 7) is 4.12. The van der Waals surface area contributed by atoms with E-state index < -0.39 is 0 Å². The van der Waals surface area contributed by atoms with Crippen molar-refractivity contribution >= 4 is 17.5 Å². The van der Waals surface area contributed by atoms with E-state index in [0.29, 0.717) is 11.6 Å². The lowest BCUT2D eigenvalue weighted by atomic mass is 10.5. The van der Waals surface area contributed by atoms with Crippen LogP contribution in [0.1, 0.15) is 13.8 Å². The molecule has 0 fully saturated rings. The van der Waals surface area contributed by atoms with Crippen LogP contribution < -0.4 is 11.1 Å². The first kappa shape index (κ1) is 8.58. The maximum absolute atomic E-state index is 10.6. The van der Waals surface area contributed by atoms with Crippen molar-refractivity contribution in [1.82, 2.24) is 9.55 Å². The number of hydrogen-bond acceptors (Lipinski definition) is 3. The number of imidazole rings is 1. The van der Waals surface area contributed by atoms with Crippen LogP contribution in [0.3, 0.4) is 0 Å². The molecule has 1 amide bonds. The minimum absolute atomic E-state index is 0.164. The summed E-state index contributed by atoms with van der Waals surface area (Å²) in [5, 5.41) is 2.53. The Balaban J connectivity index is 2.87. The van der Waals surface area contributed by atoms with E-state index >= 15 is 0 Å². The molecule has 12 heavy (non-hydrogen) atoms. The molecule has 0 atom stereocenters. The molecule has 1 heterocycles. The van der Waals surface area contributed by atoms with E-state index in [1.807, 2.05) is 6.92 Å². The third-order valence-electron chi connectivity index (χ3n) is 1.51. The normalized spacial score (nSPS) is 9.83. The number of aromatic nitrogens is 2. The van der Waals surface area contributed by atoms with Gasteiger partial charge in [0.15, 0.2) is 5.82 Å². The third kappa shape index (κ3) is 1.55. The predicted octanol–water partition coefficient (Wildman–Crippen LogP) is 0.444. The Kier molecular flexibility index (Phi) is 2.32. The fraction of sp³-hybridized carbons (Fsp3) is 0.429. The summed E-state index contributed by atoms with van der Waals surface area (Å²) in [5.74, 6) is 0.764. The second-order valence-corrected chi connectivity index (χ2v) is 2.45. The van der Waals surface area contributed by atoms with Crippen molar-refractivity contribution < 1.29 is 4.79 Å². The number of nitrogen functional groups attached to an aromatic ring is 1. The minimum Gasteiger partial charge on any atom is -0.382 e. The number of carbonyl (C=O) groups excluding carboxylic acids is 1. The molecule has 5 heteroatoms. The lowest BCUT2D eigenvalue weighted by Crippen LogP contribution is -2.09. The van der Waals surface area contributed by atoms with Gasteiger partial charge in [-0.15, -0.1) is 0 Å². The van der Waals surface area contributed by atoms with Gasteiger partial charge >= 0.3 is 0 Å². The van der Waals surface area contributed by atoms with Gasteiger partial charge in [-0.1, -0.05) is 0 Å². The standard InChI is InChI=1S/C7H12N4O/c1-3-11-4-9-7(6(11)8)10-5(2)12/h4H,3,8H2,1-2H3,(H,10,12). The van der Waals surface area contributed by atoms with Crippen LogP contribution in [0.25, 0.3) is 0 Å². The Morgan fingerprint density at radius 1 is 1.83 bits per heavy atom. The molecule has 5 nitrogen and oxygen atoms in total. The number of aryl methyl sites for hydroxylation is 1. The van der Waals surface area contributed by atoms with Crippen LogP contribution in [-0.4, -0.2) is 15.5 Å². The molecule has 0 spiro atoms. The zero-order chi connectivity index (χ0) is 9.14. The number of carbonyl (C=O) groups is 1. The highest BCUT2D eigenvalue weighted by Gasteiger charge is 2.06. The third-order valence-corrected chi connectivity index (χ3v) is 1.51. The Labute approximate surface area is 70.6 Å². The van der Waals surface area contributed by atoms with E-state index in [-0.39, 0.29) is 5.91 Å². The van der Waals surface area contributed by atoms with Crippen molar-refractivity contribution in [1.29, 1.82) is 0 Å². The maximum atomic E-state index is 10.6. The smallest absolute Gasteiger partial charge is 0.222 e. The topological polar surface area (TPSA) is 72.9 Å². The zero-order valence-corrected chi connectivity index (χ0v) is 7.16. The van der Waals surface area contributed by atoms with Gasteiger partial charge in [0.2, 0.25) is 5.91 Å². The first-order chi connectivity index (χ1) is 5.65. The van der Waals surface area contributed by atoms with Gasteiger partial charge in [-0.2, -0.15) is 0 Å². The van der Waals surface area contributed by atoms with Crippen LogP contribution in [0.2, 0.25) is 0 Å². The highest BCUT2D eigenvalue weighted by Crippen LogP contribution is 2.14. The van der Waals surface area contributed by atoms with Crippen molar-refractivity contribution in [2.75, 3.05) is 11.1 Å². The predicted molar refractivity (Wildman–Crippen MR) is 46.6 cm³/mol. The van der Waals surface area contributed by atoms with Crippen molar-refractivity contribution in [3.8, 4) is 0 Å². The second-order valence-electron chi connectivity index (χ2n) is 2.45. The van der Waals surface area contributed by atoms with Crippen molar-refractivity contribution in [2.24, 2.45) is 0 Å². The van der Waals surface area contributed by atoms with Crippen LogP contribution in [0.15, 0.2) is 6.33 Å². The number of rotatable bonds is 2. The molecule has 0 bridgehead atoms. The summed E-state index contributed by atoms with van der Waals surface area (Å²) >= 11 is 0. The van der Waals surface area contributed by atoms with Crippen LogP contribution in [0, 0.1) is 0 Å². The van der Waals surface area contributed by atoms with Crippen molar-refractivity contribution in [3.63, 3.8) is 0 Å². The molecule has 1 rings (SSSR count). The Morgan fingerprint density at radius 3 is 2.92 bits per heavy atom. The molecule has 0 saturated heterocycles. The molecule has 66 valence electrons. The summed E-state index contributed by atoms with van der Waals surface area (Å²) in [7, 11) is 0. The van der Waals surface area contributed by atoms with E-state index in [1.165, 1.54) is 6.92 Å². The summed E-state index contributed by atoms with van der Waals surface area (Å²) in [5.41, 5.74) is 5.65. The highest BCUT2D eigenvalue weighted by molar-refractivity contribution is 5.90. The van der Waals surface area contributed by atoms with Gasteiger partial charge in [0.05, 0.1) is 6.33 Å². The van der Waals surface area contributed by atoms with Crippen LogP contribution in [0.4, 0.5) is 11.6 Å². The fourth-order valence-corrected chi connectivity index (χ4v) is 0.907. The van der Waals surface area contributed by atoms with Gasteiger partial charge in [-0.05, 0) is 6.92 Å². The first-order valence-corrected chi connectivity index (χ1v) is 3.73. The molecule has 0 aliphatic carbocycles. The zero-order valence-electron chi connectivity index (χ0n) is 7.16. The monoisotopic (exact) mass is 168 g/mol. The molecule has 0 saturated carbocycles. The number of anilines is 2. The van der Waals surface area contributed by atoms with Gasteiger partial charge in [0, 0.05) is 13.5 Å². The van der Waals surface area contributed by atoms with E-state index in [0.717, 1.165) is 6.54 Å².